The Labute approximate surface area is 120 Å². The molecule has 0 amide bonds. The quantitative estimate of drug-likeness (QED) is 0.877. The Hall–Kier alpha value is -2.07. The number of nitrogens with one attached hydrogen (secondary N) is 1. The van der Waals surface area contributed by atoms with E-state index >= 15 is 0 Å². The van der Waals surface area contributed by atoms with E-state index in [0.29, 0.717) is 0 Å². The predicted octanol–water partition coefficient (Wildman–Crippen LogP) is 2.48. The number of hydrogen-bond donors (Lipinski definition) is 2. The lowest BCUT2D eigenvalue weighted by Gasteiger charge is -2.20. The molecule has 0 aliphatic carbocycles. The molecule has 1 aromatic carbocycles. The molecule has 0 bridgehead atoms. The third-order valence-electron chi connectivity index (χ3n) is 3.48. The maximum absolute atomic E-state index is 6.00. The van der Waals surface area contributed by atoms with Crippen LogP contribution in [0.4, 0.5) is 5.69 Å². The Bertz CT molecular complexity index is 584. The van der Waals surface area contributed by atoms with Crippen molar-refractivity contribution in [2.24, 2.45) is 0 Å². The Morgan fingerprint density at radius 2 is 2.15 bits per heavy atom. The largest absolute Gasteiger partial charge is 0.496 e. The summed E-state index contributed by atoms with van der Waals surface area (Å²) in [5.74, 6) is 0.895. The molecule has 1 aromatic heterocycles. The number of anilines is 1. The van der Waals surface area contributed by atoms with Gasteiger partial charge in [-0.2, -0.15) is 0 Å². The van der Waals surface area contributed by atoms with Gasteiger partial charge in [-0.25, -0.2) is 0 Å². The van der Waals surface area contributed by atoms with E-state index in [1.165, 1.54) is 5.56 Å². The minimum atomic E-state index is 0.136. The van der Waals surface area contributed by atoms with Gasteiger partial charge >= 0.3 is 0 Å². The molecule has 20 heavy (non-hydrogen) atoms. The summed E-state index contributed by atoms with van der Waals surface area (Å²) in [6, 6.07) is 8.20. The van der Waals surface area contributed by atoms with Crippen molar-refractivity contribution < 1.29 is 4.74 Å². The highest BCUT2D eigenvalue weighted by Gasteiger charge is 2.16. The molecule has 0 fully saturated rings. The van der Waals surface area contributed by atoms with Gasteiger partial charge in [0.05, 0.1) is 7.11 Å². The standard InChI is InChI=1S/C16H21N3O/c1-11-4-5-13(16(8-11)20-3)15(18-2)9-12-10-19-7-6-14(12)17/h4-8,10,15,18H,9H2,1-3H3,(H2,17,19). The maximum Gasteiger partial charge on any atom is 0.123 e. The van der Waals surface area contributed by atoms with Gasteiger partial charge in [-0.3, -0.25) is 4.98 Å². The molecule has 0 saturated heterocycles. The zero-order valence-electron chi connectivity index (χ0n) is 12.2. The fraction of sp³-hybridized carbons (Fsp3) is 0.312. The molecule has 1 unspecified atom stereocenters. The van der Waals surface area contributed by atoms with Gasteiger partial charge in [0.15, 0.2) is 0 Å². The molecule has 0 aliphatic rings. The van der Waals surface area contributed by atoms with Crippen molar-refractivity contribution in [3.8, 4) is 5.75 Å². The number of rotatable bonds is 5. The summed E-state index contributed by atoms with van der Waals surface area (Å²) in [4.78, 5) is 4.14. The van der Waals surface area contributed by atoms with Crippen LogP contribution in [0.3, 0.4) is 0 Å². The Kier molecular flexibility index (Phi) is 4.58. The monoisotopic (exact) mass is 271 g/mol. The molecule has 4 nitrogen and oxygen atoms in total. The zero-order chi connectivity index (χ0) is 14.5. The number of ether oxygens (including phenoxy) is 1. The first-order valence-corrected chi connectivity index (χ1v) is 6.66. The minimum absolute atomic E-state index is 0.136. The normalized spacial score (nSPS) is 12.2. The Morgan fingerprint density at radius 1 is 1.35 bits per heavy atom. The van der Waals surface area contributed by atoms with E-state index in [1.54, 1.807) is 13.3 Å². The van der Waals surface area contributed by atoms with E-state index < -0.39 is 0 Å². The van der Waals surface area contributed by atoms with Gasteiger partial charge in [-0.1, -0.05) is 12.1 Å². The first-order chi connectivity index (χ1) is 9.65. The molecule has 3 N–H and O–H groups in total. The van der Waals surface area contributed by atoms with Gasteiger partial charge in [0.2, 0.25) is 0 Å². The molecule has 0 aliphatic heterocycles. The van der Waals surface area contributed by atoms with Crippen molar-refractivity contribution >= 4 is 5.69 Å². The average molecular weight is 271 g/mol. The second-order valence-electron chi connectivity index (χ2n) is 4.87. The highest BCUT2D eigenvalue weighted by Crippen LogP contribution is 2.29. The minimum Gasteiger partial charge on any atom is -0.496 e. The Morgan fingerprint density at radius 3 is 2.80 bits per heavy atom. The summed E-state index contributed by atoms with van der Waals surface area (Å²) in [7, 11) is 3.64. The fourth-order valence-electron chi connectivity index (χ4n) is 2.30. The van der Waals surface area contributed by atoms with Crippen molar-refractivity contribution in [3.63, 3.8) is 0 Å². The van der Waals surface area contributed by atoms with Crippen LogP contribution in [0.15, 0.2) is 36.7 Å². The molecule has 1 heterocycles. The van der Waals surface area contributed by atoms with Gasteiger partial charge in [0.1, 0.15) is 5.75 Å². The third kappa shape index (κ3) is 3.08. The van der Waals surface area contributed by atoms with Crippen molar-refractivity contribution in [3.05, 3.63) is 53.3 Å². The number of aromatic nitrogens is 1. The predicted molar refractivity (Wildman–Crippen MR) is 81.9 cm³/mol. The molecule has 106 valence electrons. The van der Waals surface area contributed by atoms with E-state index in [4.69, 9.17) is 10.5 Å². The van der Waals surface area contributed by atoms with Crippen LogP contribution in [-0.2, 0) is 6.42 Å². The molecule has 0 radical (unpaired) electrons. The second kappa shape index (κ2) is 6.39. The Balaban J connectivity index is 2.31. The molecule has 2 aromatic rings. The van der Waals surface area contributed by atoms with E-state index in [9.17, 15) is 0 Å². The number of pyridine rings is 1. The highest BCUT2D eigenvalue weighted by atomic mass is 16.5. The average Bonchev–Trinajstić information content (AvgIpc) is 2.46. The number of methoxy groups -OCH3 is 1. The molecule has 2 rings (SSSR count). The molecular formula is C16H21N3O. The first kappa shape index (κ1) is 14.3. The summed E-state index contributed by atoms with van der Waals surface area (Å²) in [5, 5.41) is 3.32. The topological polar surface area (TPSA) is 60.2 Å². The van der Waals surface area contributed by atoms with Crippen molar-refractivity contribution in [1.29, 1.82) is 0 Å². The van der Waals surface area contributed by atoms with Crippen LogP contribution in [-0.4, -0.2) is 19.1 Å². The van der Waals surface area contributed by atoms with Crippen LogP contribution in [0.5, 0.6) is 5.75 Å². The maximum atomic E-state index is 6.00. The van der Waals surface area contributed by atoms with Crippen LogP contribution in [0.2, 0.25) is 0 Å². The molecule has 0 saturated carbocycles. The lowest BCUT2D eigenvalue weighted by atomic mass is 9.97. The number of aryl methyl sites for hydroxylation is 1. The van der Waals surface area contributed by atoms with E-state index in [0.717, 1.165) is 29.0 Å². The van der Waals surface area contributed by atoms with Crippen LogP contribution in [0.25, 0.3) is 0 Å². The van der Waals surface area contributed by atoms with Crippen molar-refractivity contribution in [1.82, 2.24) is 10.3 Å². The van der Waals surface area contributed by atoms with Gasteiger partial charge in [0, 0.05) is 29.7 Å². The van der Waals surface area contributed by atoms with Crippen LogP contribution >= 0.6 is 0 Å². The fourth-order valence-corrected chi connectivity index (χ4v) is 2.30. The second-order valence-corrected chi connectivity index (χ2v) is 4.87. The first-order valence-electron chi connectivity index (χ1n) is 6.66. The van der Waals surface area contributed by atoms with Gasteiger partial charge in [0.25, 0.3) is 0 Å². The summed E-state index contributed by atoms with van der Waals surface area (Å²) < 4.78 is 5.49. The lowest BCUT2D eigenvalue weighted by Crippen LogP contribution is -2.20. The summed E-state index contributed by atoms with van der Waals surface area (Å²) >= 11 is 0. The summed E-state index contributed by atoms with van der Waals surface area (Å²) in [5.41, 5.74) is 10.1. The lowest BCUT2D eigenvalue weighted by molar-refractivity contribution is 0.401. The summed E-state index contributed by atoms with van der Waals surface area (Å²) in [6.45, 7) is 2.06. The smallest absolute Gasteiger partial charge is 0.123 e. The van der Waals surface area contributed by atoms with Gasteiger partial charge in [-0.05, 0) is 43.7 Å². The molecule has 1 atom stereocenters. The van der Waals surface area contributed by atoms with Crippen LogP contribution in [0.1, 0.15) is 22.7 Å². The number of hydrogen-bond acceptors (Lipinski definition) is 4. The van der Waals surface area contributed by atoms with E-state index in [1.807, 2.05) is 25.4 Å². The van der Waals surface area contributed by atoms with Gasteiger partial charge in [-0.15, -0.1) is 0 Å². The van der Waals surface area contributed by atoms with Crippen molar-refractivity contribution in [2.45, 2.75) is 19.4 Å². The number of nitrogens with two attached hydrogens (primary N) is 1. The molecule has 0 spiro atoms. The summed E-state index contributed by atoms with van der Waals surface area (Å²) in [6.07, 6.45) is 4.30. The van der Waals surface area contributed by atoms with Crippen LogP contribution < -0.4 is 15.8 Å². The zero-order valence-corrected chi connectivity index (χ0v) is 12.2. The van der Waals surface area contributed by atoms with Crippen LogP contribution in [0, 0.1) is 6.92 Å². The number of benzene rings is 1. The van der Waals surface area contributed by atoms with Gasteiger partial charge < -0.3 is 15.8 Å². The molecule has 4 heteroatoms. The van der Waals surface area contributed by atoms with E-state index in [2.05, 4.69) is 29.4 Å². The van der Waals surface area contributed by atoms with Crippen molar-refractivity contribution in [2.75, 3.05) is 19.9 Å². The number of nitrogens with zero attached hydrogens (tertiary/aromatic N) is 1. The molecular weight excluding hydrogens is 250 g/mol. The van der Waals surface area contributed by atoms with E-state index in [-0.39, 0.29) is 6.04 Å². The number of nitrogen functional groups attached to an aromatic ring is 1. The third-order valence-corrected chi connectivity index (χ3v) is 3.48. The highest BCUT2D eigenvalue weighted by molar-refractivity contribution is 5.46. The number of likely N-dealkylation sites (N-methyl/N-ethyl adjacent to an activating group) is 1. The SMILES string of the molecule is CNC(Cc1cnccc1N)c1ccc(C)cc1OC.